The van der Waals surface area contributed by atoms with Gasteiger partial charge in [0.2, 0.25) is 0 Å². The van der Waals surface area contributed by atoms with E-state index in [2.05, 4.69) is 0 Å². The third kappa shape index (κ3) is 56.6. The summed E-state index contributed by atoms with van der Waals surface area (Å²) in [6, 6.07) is 0. The molecule has 0 unspecified atom stereocenters. The fraction of sp³-hybridized carbons (Fsp3) is 0. The number of hydrogen-bond donors (Lipinski definition) is 0. The topological polar surface area (TPSA) is 0 Å². The van der Waals surface area contributed by atoms with Crippen molar-refractivity contribution < 1.29 is 0 Å². The molecule has 0 aliphatic carbocycles. The van der Waals surface area contributed by atoms with E-state index >= 15 is 0 Å². The molecule has 9 heavy (non-hydrogen) atoms. The molecule has 44 valence electrons. The normalized spacial score (nSPS) is 0. The molecule has 0 atom stereocenters. The summed E-state index contributed by atoms with van der Waals surface area (Å²) >= 11 is 0. The second-order valence-electron chi connectivity index (χ2n) is 0. The standard InChI is InChI=1S/4S.Sn.4Tl/q4*-2;+2;;;2*+1. The minimum atomic E-state index is 0. The maximum atomic E-state index is 0. The zero-order valence-electron chi connectivity index (χ0n) is 4.44. The third-order valence-corrected chi connectivity index (χ3v) is 0. The summed E-state index contributed by atoms with van der Waals surface area (Å²) in [4.78, 5) is 0. The van der Waals surface area contributed by atoms with E-state index in [1.54, 1.807) is 0 Å². The summed E-state index contributed by atoms with van der Waals surface area (Å²) in [6.07, 6.45) is 0. The van der Waals surface area contributed by atoms with Crippen molar-refractivity contribution in [1.29, 1.82) is 0 Å². The summed E-state index contributed by atoms with van der Waals surface area (Å²) in [6.45, 7) is 0. The maximum absolute atomic E-state index is 0. The van der Waals surface area contributed by atoms with Gasteiger partial charge < -0.3 is 54.0 Å². The van der Waals surface area contributed by atoms with Crippen LogP contribution in [0.25, 0.3) is 0 Å². The molecule has 0 aliphatic heterocycles. The van der Waals surface area contributed by atoms with Gasteiger partial charge in [-0.05, 0) is 0 Å². The Bertz CT molecular complexity index is 12.5. The molecule has 0 N–H and O–H groups in total. The first kappa shape index (κ1) is 82.8. The van der Waals surface area contributed by atoms with Crippen LogP contribution in [0.4, 0.5) is 0 Å². The van der Waals surface area contributed by atoms with Gasteiger partial charge in [0.05, 0.1) is 0 Å². The molecule has 0 aliphatic rings. The van der Waals surface area contributed by atoms with Crippen molar-refractivity contribution in [2.45, 2.75) is 0 Å². The van der Waals surface area contributed by atoms with E-state index in [1.165, 1.54) is 0 Å². The predicted molar refractivity (Wildman–Crippen MR) is 58.2 cm³/mol. The molecule has 0 amide bonds. The SMILES string of the molecule is [S-2].[S-2].[S-2].[S-2].[Sn+2].[Tl+].[Tl+].[Tl].[Tl]. The quantitative estimate of drug-likeness (QED) is 0.249. The predicted octanol–water partition coefficient (Wildman–Crippen LogP) is -1.91. The van der Waals surface area contributed by atoms with E-state index in [4.69, 9.17) is 0 Å². The van der Waals surface area contributed by atoms with Crippen LogP contribution in [0.1, 0.15) is 0 Å². The Labute approximate surface area is 182 Å². The van der Waals surface area contributed by atoms with Crippen LogP contribution in [0.3, 0.4) is 0 Å². The van der Waals surface area contributed by atoms with Gasteiger partial charge in [-0.2, -0.15) is 0 Å². The summed E-state index contributed by atoms with van der Waals surface area (Å²) in [5, 5.41) is 0. The molecule has 4 radical (unpaired) electrons. The average molecular weight is 1060 g/mol. The Morgan fingerprint density at radius 1 is 0.444 bits per heavy atom. The Kier molecular flexibility index (Phi) is 613. The molecule has 0 saturated carbocycles. The van der Waals surface area contributed by atoms with Crippen LogP contribution < -0.4 is 0 Å². The molecule has 0 nitrogen and oxygen atoms in total. The average Bonchev–Trinajstić information content (AvgIpc) is 0. The molecule has 0 heterocycles. The first-order chi connectivity index (χ1) is 0. The molecular formula is S4SnTl4-4. The Hall–Kier alpha value is 5.89. The smallest absolute Gasteiger partial charge is 2.00 e. The number of hydrogen-bond acceptors (Lipinski definition) is 0. The maximum Gasteiger partial charge on any atom is 2.00 e. The molecule has 0 aromatic carbocycles. The fourth-order valence-corrected chi connectivity index (χ4v) is 0. The summed E-state index contributed by atoms with van der Waals surface area (Å²) in [5.74, 6) is 0. The van der Waals surface area contributed by atoms with Crippen molar-refractivity contribution in [3.8, 4) is 0 Å². The van der Waals surface area contributed by atoms with Gasteiger partial charge in [-0.15, -0.1) is 0 Å². The van der Waals surface area contributed by atoms with Gasteiger partial charge in [-0.3, -0.25) is 0 Å². The fourth-order valence-electron chi connectivity index (χ4n) is 0. The van der Waals surface area contributed by atoms with Gasteiger partial charge in [0, 0.05) is 54.6 Å². The Balaban J connectivity index is 0. The van der Waals surface area contributed by atoms with Crippen LogP contribution in [-0.4, -0.2) is 133 Å². The van der Waals surface area contributed by atoms with Crippen molar-refractivity contribution >= 4 is 187 Å². The molecule has 0 saturated heterocycles. The summed E-state index contributed by atoms with van der Waals surface area (Å²) < 4.78 is 0. The summed E-state index contributed by atoms with van der Waals surface area (Å²) in [5.41, 5.74) is 0. The second-order valence-corrected chi connectivity index (χ2v) is 0. The first-order valence-corrected chi connectivity index (χ1v) is 0. The van der Waals surface area contributed by atoms with Crippen molar-refractivity contribution in [2.24, 2.45) is 0 Å². The van der Waals surface area contributed by atoms with E-state index in [1.807, 2.05) is 0 Å². The Morgan fingerprint density at radius 2 is 0.444 bits per heavy atom. The van der Waals surface area contributed by atoms with Crippen molar-refractivity contribution in [3.05, 3.63) is 0 Å². The largest absolute Gasteiger partial charge is 2.00 e. The van der Waals surface area contributed by atoms with Gasteiger partial charge >= 0.3 is 78.5 Å². The van der Waals surface area contributed by atoms with Crippen molar-refractivity contribution in [3.63, 3.8) is 0 Å². The van der Waals surface area contributed by atoms with Crippen LogP contribution in [-0.2, 0) is 54.0 Å². The molecule has 0 bridgehead atoms. The van der Waals surface area contributed by atoms with Gasteiger partial charge in [0.15, 0.2) is 0 Å². The van der Waals surface area contributed by atoms with Gasteiger partial charge in [-0.25, -0.2) is 0 Å². The van der Waals surface area contributed by atoms with E-state index in [0.717, 1.165) is 0 Å². The van der Waals surface area contributed by atoms with Crippen molar-refractivity contribution in [1.82, 2.24) is 0 Å². The van der Waals surface area contributed by atoms with E-state index < -0.39 is 0 Å². The zero-order valence-corrected chi connectivity index (χ0v) is 28.5. The Morgan fingerprint density at radius 3 is 0.444 bits per heavy atom. The molecule has 0 spiro atoms. The van der Waals surface area contributed by atoms with Crippen LogP contribution in [0.2, 0.25) is 0 Å². The molecule has 0 aromatic rings. The van der Waals surface area contributed by atoms with E-state index in [-0.39, 0.29) is 187 Å². The molecular weight excluding hydrogens is 1060 g/mol. The van der Waals surface area contributed by atoms with Gasteiger partial charge in [0.1, 0.15) is 0 Å². The molecule has 0 aromatic heterocycles. The minimum Gasteiger partial charge on any atom is -2.00 e. The second kappa shape index (κ2) is 66.5. The third-order valence-electron chi connectivity index (χ3n) is 0. The van der Waals surface area contributed by atoms with Crippen molar-refractivity contribution in [2.75, 3.05) is 0 Å². The first-order valence-electron chi connectivity index (χ1n) is 0. The van der Waals surface area contributed by atoms with Gasteiger partial charge in [-0.1, -0.05) is 0 Å². The van der Waals surface area contributed by atoms with Crippen LogP contribution >= 0.6 is 0 Å². The molecule has 0 rings (SSSR count). The van der Waals surface area contributed by atoms with Crippen LogP contribution in [0.5, 0.6) is 0 Å². The number of rotatable bonds is 0. The molecule has 0 fully saturated rings. The van der Waals surface area contributed by atoms with E-state index in [9.17, 15) is 0 Å². The summed E-state index contributed by atoms with van der Waals surface area (Å²) in [7, 11) is 0. The van der Waals surface area contributed by atoms with E-state index in [0.29, 0.717) is 0 Å². The van der Waals surface area contributed by atoms with Crippen LogP contribution in [0.15, 0.2) is 0 Å². The monoisotopic (exact) mass is 1070 g/mol. The molecule has 9 heteroatoms. The minimum absolute atomic E-state index is 0. The zero-order chi connectivity index (χ0) is 0. The van der Waals surface area contributed by atoms with Gasteiger partial charge in [0.25, 0.3) is 0 Å². The van der Waals surface area contributed by atoms with Crippen LogP contribution in [0, 0.1) is 0 Å².